The van der Waals surface area contributed by atoms with Crippen molar-refractivity contribution in [2.45, 2.75) is 13.8 Å². The molecule has 1 heteroatoms. The van der Waals surface area contributed by atoms with Gasteiger partial charge in [-0.15, -0.1) is 0 Å². The zero-order valence-corrected chi connectivity index (χ0v) is 8.59. The van der Waals surface area contributed by atoms with E-state index in [1.807, 2.05) is 36.4 Å². The first-order chi connectivity index (χ1) is 6.35. The summed E-state index contributed by atoms with van der Waals surface area (Å²) in [5, 5.41) is 3.11. The Kier molecular flexibility index (Phi) is 8.26. The van der Waals surface area contributed by atoms with Gasteiger partial charge in [0, 0.05) is 0 Å². The molecule has 0 aromatic heterocycles. The minimum absolute atomic E-state index is 1.09. The summed E-state index contributed by atoms with van der Waals surface area (Å²) in [5.74, 6) is 0. The normalized spacial score (nSPS) is 8.46. The summed E-state index contributed by atoms with van der Waals surface area (Å²) >= 11 is 0. The Morgan fingerprint density at radius 2 is 1.69 bits per heavy atom. The lowest BCUT2D eigenvalue weighted by atomic mass is 10.2. The molecule has 0 fully saturated rings. The molecule has 0 bridgehead atoms. The molecule has 0 aliphatic carbocycles. The van der Waals surface area contributed by atoms with Crippen LogP contribution < -0.4 is 5.32 Å². The summed E-state index contributed by atoms with van der Waals surface area (Å²) in [6, 6.07) is 10.0. The van der Waals surface area contributed by atoms with Gasteiger partial charge in [0.1, 0.15) is 0 Å². The summed E-state index contributed by atoms with van der Waals surface area (Å²) in [5.41, 5.74) is 1.17. The van der Waals surface area contributed by atoms with E-state index in [1.54, 1.807) is 0 Å². The maximum Gasteiger partial charge on any atom is -0.00775 e. The number of nitrogens with one attached hydrogen (secondary N) is 1. The second-order valence-corrected chi connectivity index (χ2v) is 2.57. The maximum absolute atomic E-state index is 3.63. The van der Waals surface area contributed by atoms with Crippen molar-refractivity contribution in [1.82, 2.24) is 5.32 Å². The summed E-state index contributed by atoms with van der Waals surface area (Å²) in [4.78, 5) is 0. The van der Waals surface area contributed by atoms with E-state index < -0.39 is 0 Å². The molecule has 0 aliphatic heterocycles. The molecule has 72 valence electrons. The first kappa shape index (κ1) is 11.9. The molecule has 1 aromatic carbocycles. The predicted molar refractivity (Wildman–Crippen MR) is 60.8 cm³/mol. The molecular formula is C12H19N. The Labute approximate surface area is 81.5 Å². The van der Waals surface area contributed by atoms with Crippen molar-refractivity contribution in [2.24, 2.45) is 0 Å². The third-order valence-corrected chi connectivity index (χ3v) is 1.54. The van der Waals surface area contributed by atoms with Crippen LogP contribution in [0.3, 0.4) is 0 Å². The molecule has 0 radical (unpaired) electrons. The van der Waals surface area contributed by atoms with Crippen molar-refractivity contribution in [2.75, 3.05) is 13.1 Å². The van der Waals surface area contributed by atoms with E-state index in [4.69, 9.17) is 0 Å². The van der Waals surface area contributed by atoms with Crippen molar-refractivity contribution >= 4 is 6.08 Å². The molecule has 0 saturated carbocycles. The molecule has 0 heterocycles. The molecule has 0 spiro atoms. The van der Waals surface area contributed by atoms with Crippen LogP contribution in [0.2, 0.25) is 0 Å². The molecular weight excluding hydrogens is 158 g/mol. The van der Waals surface area contributed by atoms with E-state index in [2.05, 4.69) is 25.7 Å². The monoisotopic (exact) mass is 177 g/mol. The van der Waals surface area contributed by atoms with Crippen LogP contribution >= 0.6 is 0 Å². The minimum Gasteiger partial charge on any atom is -0.317 e. The van der Waals surface area contributed by atoms with Gasteiger partial charge in [-0.05, 0) is 18.7 Å². The Morgan fingerprint density at radius 1 is 1.15 bits per heavy atom. The number of hydrogen-bond acceptors (Lipinski definition) is 1. The fourth-order valence-corrected chi connectivity index (χ4v) is 0.839. The van der Waals surface area contributed by atoms with E-state index in [1.165, 1.54) is 5.56 Å². The van der Waals surface area contributed by atoms with Gasteiger partial charge in [-0.2, -0.15) is 0 Å². The first-order valence-corrected chi connectivity index (χ1v) is 4.73. The van der Waals surface area contributed by atoms with Gasteiger partial charge < -0.3 is 5.32 Å². The van der Waals surface area contributed by atoms with Crippen LogP contribution in [0.4, 0.5) is 0 Å². The lowest BCUT2D eigenvalue weighted by Gasteiger charge is -1.86. The van der Waals surface area contributed by atoms with Crippen molar-refractivity contribution in [3.05, 3.63) is 42.5 Å². The van der Waals surface area contributed by atoms with E-state index in [0.717, 1.165) is 13.1 Å². The molecule has 1 rings (SSSR count). The summed E-state index contributed by atoms with van der Waals surface area (Å²) in [6.07, 6.45) is 1.83. The molecule has 13 heavy (non-hydrogen) atoms. The smallest absolute Gasteiger partial charge is 0.00775 e. The maximum atomic E-state index is 3.63. The highest BCUT2D eigenvalue weighted by molar-refractivity contribution is 5.45. The fourth-order valence-electron chi connectivity index (χ4n) is 0.839. The van der Waals surface area contributed by atoms with Gasteiger partial charge >= 0.3 is 0 Å². The lowest BCUT2D eigenvalue weighted by molar-refractivity contribution is 0.762. The Bertz CT molecular complexity index is 202. The number of rotatable bonds is 3. The molecule has 1 N–H and O–H groups in total. The SMILES string of the molecule is C=Cc1ccccc1.CCNCC. The van der Waals surface area contributed by atoms with E-state index in [-0.39, 0.29) is 0 Å². The standard InChI is InChI=1S/C8H8.C4H11N/c1-2-8-6-4-3-5-7-8;1-3-5-4-2/h2-7H,1H2;5H,3-4H2,1-2H3. The molecule has 0 saturated heterocycles. The van der Waals surface area contributed by atoms with E-state index in [0.29, 0.717) is 0 Å². The van der Waals surface area contributed by atoms with Crippen LogP contribution in [-0.4, -0.2) is 13.1 Å². The Morgan fingerprint density at radius 3 is 1.92 bits per heavy atom. The van der Waals surface area contributed by atoms with Crippen LogP contribution in [0.15, 0.2) is 36.9 Å². The van der Waals surface area contributed by atoms with Crippen LogP contribution in [0.5, 0.6) is 0 Å². The average Bonchev–Trinajstić information content (AvgIpc) is 2.21. The van der Waals surface area contributed by atoms with Gasteiger partial charge in [0.2, 0.25) is 0 Å². The van der Waals surface area contributed by atoms with Crippen molar-refractivity contribution in [3.8, 4) is 0 Å². The molecule has 0 aliphatic rings. The zero-order chi connectivity index (χ0) is 9.94. The fraction of sp³-hybridized carbons (Fsp3) is 0.333. The van der Waals surface area contributed by atoms with Gasteiger partial charge in [-0.25, -0.2) is 0 Å². The second-order valence-electron chi connectivity index (χ2n) is 2.57. The van der Waals surface area contributed by atoms with Crippen LogP contribution in [-0.2, 0) is 0 Å². The van der Waals surface area contributed by atoms with Gasteiger partial charge in [0.05, 0.1) is 0 Å². The van der Waals surface area contributed by atoms with Gasteiger partial charge in [0.25, 0.3) is 0 Å². The lowest BCUT2D eigenvalue weighted by Crippen LogP contribution is -2.09. The first-order valence-electron chi connectivity index (χ1n) is 4.73. The third-order valence-electron chi connectivity index (χ3n) is 1.54. The van der Waals surface area contributed by atoms with E-state index in [9.17, 15) is 0 Å². The third kappa shape index (κ3) is 7.29. The highest BCUT2D eigenvalue weighted by Gasteiger charge is 1.75. The summed E-state index contributed by atoms with van der Waals surface area (Å²) in [6.45, 7) is 10.0. The average molecular weight is 177 g/mol. The minimum atomic E-state index is 1.09. The van der Waals surface area contributed by atoms with Gasteiger partial charge in [-0.3, -0.25) is 0 Å². The Hall–Kier alpha value is -1.08. The second kappa shape index (κ2) is 9.01. The topological polar surface area (TPSA) is 12.0 Å². The molecule has 1 aromatic rings. The predicted octanol–water partition coefficient (Wildman–Crippen LogP) is 2.95. The Balaban J connectivity index is 0.000000252. The molecule has 1 nitrogen and oxygen atoms in total. The summed E-state index contributed by atoms with van der Waals surface area (Å²) < 4.78 is 0. The van der Waals surface area contributed by atoms with Crippen LogP contribution in [0.1, 0.15) is 19.4 Å². The molecule has 0 atom stereocenters. The molecule has 0 unspecified atom stereocenters. The number of hydrogen-bond donors (Lipinski definition) is 1. The summed E-state index contributed by atoms with van der Waals surface area (Å²) in [7, 11) is 0. The highest BCUT2D eigenvalue weighted by Crippen LogP contribution is 1.97. The van der Waals surface area contributed by atoms with Gasteiger partial charge in [0.15, 0.2) is 0 Å². The quantitative estimate of drug-likeness (QED) is 0.748. The van der Waals surface area contributed by atoms with Crippen molar-refractivity contribution in [3.63, 3.8) is 0 Å². The van der Waals surface area contributed by atoms with Gasteiger partial charge in [-0.1, -0.05) is 56.8 Å². The van der Waals surface area contributed by atoms with Crippen molar-refractivity contribution < 1.29 is 0 Å². The number of benzene rings is 1. The largest absolute Gasteiger partial charge is 0.317 e. The van der Waals surface area contributed by atoms with Crippen LogP contribution in [0.25, 0.3) is 6.08 Å². The molecule has 0 amide bonds. The van der Waals surface area contributed by atoms with Crippen molar-refractivity contribution in [1.29, 1.82) is 0 Å². The zero-order valence-electron chi connectivity index (χ0n) is 8.59. The van der Waals surface area contributed by atoms with E-state index >= 15 is 0 Å². The van der Waals surface area contributed by atoms with Crippen LogP contribution in [0, 0.1) is 0 Å². The highest BCUT2D eigenvalue weighted by atomic mass is 14.8.